The molecule has 1 atom stereocenters. The maximum atomic E-state index is 12.3. The molecule has 0 spiro atoms. The lowest BCUT2D eigenvalue weighted by Crippen LogP contribution is -2.16. The predicted molar refractivity (Wildman–Crippen MR) is 125 cm³/mol. The van der Waals surface area contributed by atoms with E-state index in [0.29, 0.717) is 23.7 Å². The van der Waals surface area contributed by atoms with Crippen LogP contribution in [0.25, 0.3) is 11.0 Å². The Balaban J connectivity index is 1.75. The van der Waals surface area contributed by atoms with Crippen molar-refractivity contribution >= 4 is 55.0 Å². The minimum atomic E-state index is -0.431. The van der Waals surface area contributed by atoms with Crippen molar-refractivity contribution in [1.29, 1.82) is 0 Å². The van der Waals surface area contributed by atoms with Gasteiger partial charge in [-0.05, 0) is 78.2 Å². The molecule has 2 aromatic carbocycles. The van der Waals surface area contributed by atoms with Gasteiger partial charge in [0.05, 0.1) is 23.4 Å². The van der Waals surface area contributed by atoms with E-state index >= 15 is 0 Å². The summed E-state index contributed by atoms with van der Waals surface area (Å²) in [7, 11) is 0. The number of furan rings is 1. The summed E-state index contributed by atoms with van der Waals surface area (Å²) in [5.41, 5.74) is 3.87. The average Bonchev–Trinajstić information content (AvgIpc) is 3.13. The molecule has 0 unspecified atom stereocenters. The summed E-state index contributed by atoms with van der Waals surface area (Å²) < 4.78 is 18.9. The number of hydrogen-bond acceptors (Lipinski definition) is 5. The van der Waals surface area contributed by atoms with Crippen LogP contribution in [-0.4, -0.2) is 24.8 Å². The summed E-state index contributed by atoms with van der Waals surface area (Å²) in [6.07, 6.45) is 2.48. The zero-order valence-electron chi connectivity index (χ0n) is 16.9. The third-order valence-electron chi connectivity index (χ3n) is 4.31. The van der Waals surface area contributed by atoms with Gasteiger partial charge >= 0.3 is 5.91 Å². The van der Waals surface area contributed by atoms with Crippen molar-refractivity contribution in [3.05, 3.63) is 56.7 Å². The summed E-state index contributed by atoms with van der Waals surface area (Å²) in [4.78, 5) is 12.3. The van der Waals surface area contributed by atoms with Gasteiger partial charge < -0.3 is 13.9 Å². The van der Waals surface area contributed by atoms with Gasteiger partial charge in [0.2, 0.25) is 0 Å². The molecule has 0 aliphatic carbocycles. The number of carbonyl (C=O) groups is 1. The first-order valence-corrected chi connectivity index (χ1v) is 11.1. The van der Waals surface area contributed by atoms with Crippen LogP contribution in [0.4, 0.5) is 0 Å². The summed E-state index contributed by atoms with van der Waals surface area (Å²) in [6.45, 7) is 6.48. The van der Waals surface area contributed by atoms with Crippen molar-refractivity contribution < 1.29 is 18.7 Å². The molecule has 0 fully saturated rings. The van der Waals surface area contributed by atoms with E-state index in [9.17, 15) is 4.79 Å². The number of carbonyl (C=O) groups excluding carboxylic acids is 1. The normalized spacial score (nSPS) is 12.3. The van der Waals surface area contributed by atoms with Gasteiger partial charge in [-0.25, -0.2) is 5.43 Å². The molecule has 0 saturated carbocycles. The van der Waals surface area contributed by atoms with Crippen LogP contribution in [0.1, 0.15) is 43.3 Å². The number of halogens is 2. The smallest absolute Gasteiger partial charge is 0.307 e. The van der Waals surface area contributed by atoms with Crippen LogP contribution >= 0.6 is 31.9 Å². The molecule has 6 nitrogen and oxygen atoms in total. The van der Waals surface area contributed by atoms with Crippen LogP contribution in [-0.2, 0) is 0 Å². The second-order valence-electron chi connectivity index (χ2n) is 6.59. The lowest BCUT2D eigenvalue weighted by atomic mass is 10.2. The molecular formula is C22H22Br2N2O4. The van der Waals surface area contributed by atoms with Crippen molar-refractivity contribution in [1.82, 2.24) is 5.43 Å². The van der Waals surface area contributed by atoms with Gasteiger partial charge in [-0.2, -0.15) is 5.10 Å². The van der Waals surface area contributed by atoms with Crippen LogP contribution in [0.15, 0.2) is 54.9 Å². The Hall–Kier alpha value is -2.32. The average molecular weight is 538 g/mol. The molecule has 0 saturated heterocycles. The van der Waals surface area contributed by atoms with Crippen molar-refractivity contribution in [2.75, 3.05) is 6.61 Å². The molecule has 0 aliphatic rings. The van der Waals surface area contributed by atoms with Crippen LogP contribution in [0.3, 0.4) is 0 Å². The molecule has 158 valence electrons. The number of nitrogens with one attached hydrogen (secondary N) is 1. The van der Waals surface area contributed by atoms with Crippen molar-refractivity contribution in [3.8, 4) is 11.5 Å². The Labute approximate surface area is 191 Å². The Morgan fingerprint density at radius 1 is 1.23 bits per heavy atom. The van der Waals surface area contributed by atoms with Gasteiger partial charge in [-0.3, -0.25) is 4.79 Å². The maximum Gasteiger partial charge on any atom is 0.307 e. The fourth-order valence-electron chi connectivity index (χ4n) is 2.67. The Kier molecular flexibility index (Phi) is 7.55. The third kappa shape index (κ3) is 5.43. The molecule has 1 heterocycles. The van der Waals surface area contributed by atoms with E-state index in [-0.39, 0.29) is 11.9 Å². The second-order valence-corrected chi connectivity index (χ2v) is 8.36. The minimum absolute atomic E-state index is 0.0590. The largest absolute Gasteiger partial charge is 0.490 e. The van der Waals surface area contributed by atoms with Gasteiger partial charge in [0.25, 0.3) is 0 Å². The first-order chi connectivity index (χ1) is 14.4. The Morgan fingerprint density at radius 3 is 2.77 bits per heavy atom. The van der Waals surface area contributed by atoms with Crippen LogP contribution in [0.5, 0.6) is 11.5 Å². The van der Waals surface area contributed by atoms with E-state index in [1.165, 1.54) is 6.21 Å². The summed E-state index contributed by atoms with van der Waals surface area (Å²) >= 11 is 6.94. The Morgan fingerprint density at radius 2 is 2.03 bits per heavy atom. The van der Waals surface area contributed by atoms with Gasteiger partial charge in [-0.1, -0.05) is 22.9 Å². The van der Waals surface area contributed by atoms with Gasteiger partial charge in [0.1, 0.15) is 5.58 Å². The number of hydrogen-bond donors (Lipinski definition) is 1. The number of benzene rings is 2. The van der Waals surface area contributed by atoms with Crippen molar-refractivity contribution in [2.24, 2.45) is 5.10 Å². The molecule has 1 amide bonds. The quantitative estimate of drug-likeness (QED) is 0.270. The SMILES string of the molecule is CCOc1cc(/C=N/NC(=O)c2cc3cc(Br)ccc3o2)cc(Br)c1O[C@H](C)CC. The van der Waals surface area contributed by atoms with E-state index in [2.05, 4.69) is 49.3 Å². The molecular weight excluding hydrogens is 516 g/mol. The van der Waals surface area contributed by atoms with Gasteiger partial charge in [0.15, 0.2) is 17.3 Å². The highest BCUT2D eigenvalue weighted by atomic mass is 79.9. The molecule has 0 bridgehead atoms. The number of nitrogens with zero attached hydrogens (tertiary/aromatic N) is 1. The zero-order valence-corrected chi connectivity index (χ0v) is 20.0. The lowest BCUT2D eigenvalue weighted by molar-refractivity contribution is 0.0929. The molecule has 0 aliphatic heterocycles. The summed E-state index contributed by atoms with van der Waals surface area (Å²) in [6, 6.07) is 10.9. The number of amides is 1. The fourth-order valence-corrected chi connectivity index (χ4v) is 3.60. The summed E-state index contributed by atoms with van der Waals surface area (Å²) in [5, 5.41) is 4.88. The molecule has 1 N–H and O–H groups in total. The highest BCUT2D eigenvalue weighted by Crippen LogP contribution is 2.37. The lowest BCUT2D eigenvalue weighted by Gasteiger charge is -2.18. The minimum Gasteiger partial charge on any atom is -0.490 e. The molecule has 1 aromatic heterocycles. The monoisotopic (exact) mass is 536 g/mol. The summed E-state index contributed by atoms with van der Waals surface area (Å²) in [5.74, 6) is 1.02. The van der Waals surface area contributed by atoms with E-state index in [1.807, 2.05) is 38.1 Å². The third-order valence-corrected chi connectivity index (χ3v) is 5.39. The van der Waals surface area contributed by atoms with E-state index < -0.39 is 5.91 Å². The molecule has 8 heteroatoms. The number of ether oxygens (including phenoxy) is 2. The fraction of sp³-hybridized carbons (Fsp3) is 0.273. The standard InChI is InChI=1S/C22H22Br2N2O4/c1-4-13(3)29-21-17(24)8-14(9-19(21)28-5-2)12-25-26-22(27)20-11-15-10-16(23)6-7-18(15)30-20/h6-13H,4-5H2,1-3H3,(H,26,27)/b25-12+/t13-/m1/s1. The van der Waals surface area contributed by atoms with Gasteiger partial charge in [0, 0.05) is 9.86 Å². The van der Waals surface area contributed by atoms with Crippen molar-refractivity contribution in [3.63, 3.8) is 0 Å². The van der Waals surface area contributed by atoms with E-state index in [0.717, 1.165) is 26.3 Å². The molecule has 3 aromatic rings. The first kappa shape index (κ1) is 22.4. The number of hydrazone groups is 1. The van der Waals surface area contributed by atoms with Gasteiger partial charge in [-0.15, -0.1) is 0 Å². The highest BCUT2D eigenvalue weighted by Gasteiger charge is 2.15. The maximum absolute atomic E-state index is 12.3. The molecule has 3 rings (SSSR count). The Bertz CT molecular complexity index is 1080. The van der Waals surface area contributed by atoms with Crippen LogP contribution in [0.2, 0.25) is 0 Å². The van der Waals surface area contributed by atoms with Crippen LogP contribution in [0, 0.1) is 0 Å². The van der Waals surface area contributed by atoms with Crippen molar-refractivity contribution in [2.45, 2.75) is 33.3 Å². The van der Waals surface area contributed by atoms with E-state index in [4.69, 9.17) is 13.9 Å². The van der Waals surface area contributed by atoms with E-state index in [1.54, 1.807) is 12.1 Å². The zero-order chi connectivity index (χ0) is 21.7. The predicted octanol–water partition coefficient (Wildman–Crippen LogP) is 6.30. The molecule has 30 heavy (non-hydrogen) atoms. The number of rotatable bonds is 8. The first-order valence-electron chi connectivity index (χ1n) is 9.56. The number of fused-ring (bicyclic) bond motifs is 1. The topological polar surface area (TPSA) is 73.1 Å². The molecule has 0 radical (unpaired) electrons. The highest BCUT2D eigenvalue weighted by molar-refractivity contribution is 9.10. The second kappa shape index (κ2) is 10.1. The van der Waals surface area contributed by atoms with Crippen LogP contribution < -0.4 is 14.9 Å².